The molecule has 1 aromatic rings. The number of carboxylic acid groups (broad SMARTS) is 1. The number of halogens is 1. The van der Waals surface area contributed by atoms with Crippen LogP contribution < -0.4 is 0 Å². The molecule has 0 unspecified atom stereocenters. The van der Waals surface area contributed by atoms with Gasteiger partial charge in [-0.1, -0.05) is 34.8 Å². The summed E-state index contributed by atoms with van der Waals surface area (Å²) in [6.07, 6.45) is 4.93. The summed E-state index contributed by atoms with van der Waals surface area (Å²) in [5.74, 6) is -0.751. The minimum Gasteiger partial charge on any atom is -0.478 e. The highest BCUT2D eigenvalue weighted by molar-refractivity contribution is 9.10. The van der Waals surface area contributed by atoms with Gasteiger partial charge in [-0.3, -0.25) is 4.79 Å². The smallest absolute Gasteiger partial charge is 0.335 e. The van der Waals surface area contributed by atoms with Gasteiger partial charge in [0.15, 0.2) is 0 Å². The van der Waals surface area contributed by atoms with Crippen LogP contribution in [0.15, 0.2) is 22.7 Å². The maximum atomic E-state index is 12.1. The van der Waals surface area contributed by atoms with E-state index in [0.717, 1.165) is 35.8 Å². The molecule has 1 saturated heterocycles. The van der Waals surface area contributed by atoms with Crippen molar-refractivity contribution in [2.45, 2.75) is 38.6 Å². The molecule has 1 heterocycles. The number of hydrogen-bond donors (Lipinski definition) is 1. The van der Waals surface area contributed by atoms with Crippen LogP contribution in [-0.2, 0) is 11.3 Å². The molecule has 20 heavy (non-hydrogen) atoms. The highest BCUT2D eigenvalue weighted by atomic mass is 79.9. The van der Waals surface area contributed by atoms with Crippen molar-refractivity contribution in [1.82, 2.24) is 4.90 Å². The highest BCUT2D eigenvalue weighted by Gasteiger charge is 2.17. The van der Waals surface area contributed by atoms with Crippen molar-refractivity contribution in [3.63, 3.8) is 0 Å². The van der Waals surface area contributed by atoms with Crippen molar-refractivity contribution in [3.8, 4) is 0 Å². The predicted molar refractivity (Wildman–Crippen MR) is 79.6 cm³/mol. The molecule has 2 rings (SSSR count). The summed E-state index contributed by atoms with van der Waals surface area (Å²) < 4.78 is 0.743. The van der Waals surface area contributed by atoms with Gasteiger partial charge in [-0.25, -0.2) is 4.79 Å². The Balaban J connectivity index is 2.11. The molecule has 1 aliphatic rings. The lowest BCUT2D eigenvalue weighted by Crippen LogP contribution is -2.32. The third-order valence-corrected chi connectivity index (χ3v) is 4.32. The molecule has 1 N–H and O–H groups in total. The van der Waals surface area contributed by atoms with E-state index in [4.69, 9.17) is 5.11 Å². The van der Waals surface area contributed by atoms with Gasteiger partial charge in [0, 0.05) is 24.0 Å². The number of carbonyl (C=O) groups is 2. The minimum absolute atomic E-state index is 0.193. The number of benzene rings is 1. The van der Waals surface area contributed by atoms with Gasteiger partial charge < -0.3 is 10.0 Å². The Kier molecular flexibility index (Phi) is 5.17. The first-order chi connectivity index (χ1) is 9.58. The van der Waals surface area contributed by atoms with Gasteiger partial charge in [0.05, 0.1) is 5.56 Å². The lowest BCUT2D eigenvalue weighted by atomic mass is 10.1. The first-order valence-electron chi connectivity index (χ1n) is 6.87. The standard InChI is InChI=1S/C15H18BrNO3/c16-13-9-11(15(19)20)6-7-12(13)10-17-8-4-2-1-3-5-14(17)18/h6-7,9H,1-5,8,10H2,(H,19,20). The van der Waals surface area contributed by atoms with E-state index in [9.17, 15) is 9.59 Å². The fourth-order valence-corrected chi connectivity index (χ4v) is 2.90. The number of amides is 1. The Morgan fingerprint density at radius 3 is 2.70 bits per heavy atom. The molecular weight excluding hydrogens is 322 g/mol. The zero-order valence-corrected chi connectivity index (χ0v) is 12.9. The van der Waals surface area contributed by atoms with Crippen molar-refractivity contribution in [3.05, 3.63) is 33.8 Å². The van der Waals surface area contributed by atoms with Crippen molar-refractivity contribution in [2.75, 3.05) is 6.54 Å². The largest absolute Gasteiger partial charge is 0.478 e. The van der Waals surface area contributed by atoms with Crippen LogP contribution in [0.3, 0.4) is 0 Å². The molecular formula is C15H18BrNO3. The van der Waals surface area contributed by atoms with Crippen LogP contribution in [0.1, 0.15) is 48.0 Å². The van der Waals surface area contributed by atoms with E-state index in [2.05, 4.69) is 15.9 Å². The van der Waals surface area contributed by atoms with E-state index >= 15 is 0 Å². The average Bonchev–Trinajstić information content (AvgIpc) is 2.40. The molecule has 5 heteroatoms. The average molecular weight is 340 g/mol. The van der Waals surface area contributed by atoms with E-state index in [1.54, 1.807) is 18.2 Å². The summed E-state index contributed by atoms with van der Waals surface area (Å²) in [6.45, 7) is 1.32. The molecule has 1 fully saturated rings. The molecule has 0 radical (unpaired) electrons. The van der Waals surface area contributed by atoms with E-state index in [-0.39, 0.29) is 11.5 Å². The molecule has 0 aromatic heterocycles. The lowest BCUT2D eigenvalue weighted by molar-refractivity contribution is -0.132. The summed E-state index contributed by atoms with van der Waals surface area (Å²) in [5, 5.41) is 8.95. The number of rotatable bonds is 3. The van der Waals surface area contributed by atoms with Crippen molar-refractivity contribution >= 4 is 27.8 Å². The first-order valence-corrected chi connectivity index (χ1v) is 7.67. The summed E-state index contributed by atoms with van der Waals surface area (Å²) in [6, 6.07) is 4.95. The Hall–Kier alpha value is -1.36. The van der Waals surface area contributed by atoms with Gasteiger partial charge in [-0.05, 0) is 30.5 Å². The Morgan fingerprint density at radius 1 is 1.25 bits per heavy atom. The number of carbonyl (C=O) groups excluding carboxylic acids is 1. The Bertz CT molecular complexity index is 516. The summed E-state index contributed by atoms with van der Waals surface area (Å²) in [5.41, 5.74) is 1.20. The summed E-state index contributed by atoms with van der Waals surface area (Å²) in [4.78, 5) is 24.9. The fraction of sp³-hybridized carbons (Fsp3) is 0.467. The van der Waals surface area contributed by atoms with Gasteiger partial charge in [0.2, 0.25) is 5.91 Å². The fourth-order valence-electron chi connectivity index (χ4n) is 2.40. The number of carboxylic acids is 1. The summed E-state index contributed by atoms with van der Waals surface area (Å²) in [7, 11) is 0. The van der Waals surface area contributed by atoms with Crippen LogP contribution in [0.25, 0.3) is 0 Å². The Labute approximate surface area is 126 Å². The monoisotopic (exact) mass is 339 g/mol. The number of hydrogen-bond acceptors (Lipinski definition) is 2. The van der Waals surface area contributed by atoms with E-state index in [0.29, 0.717) is 13.0 Å². The highest BCUT2D eigenvalue weighted by Crippen LogP contribution is 2.22. The molecule has 108 valence electrons. The lowest BCUT2D eigenvalue weighted by Gasteiger charge is -2.25. The second kappa shape index (κ2) is 6.88. The minimum atomic E-state index is -0.945. The maximum Gasteiger partial charge on any atom is 0.335 e. The van der Waals surface area contributed by atoms with E-state index in [1.807, 2.05) is 4.90 Å². The van der Waals surface area contributed by atoms with Crippen molar-refractivity contribution < 1.29 is 14.7 Å². The van der Waals surface area contributed by atoms with Gasteiger partial charge in [-0.15, -0.1) is 0 Å². The molecule has 0 aliphatic carbocycles. The molecule has 0 spiro atoms. The van der Waals surface area contributed by atoms with Crippen LogP contribution in [0, 0.1) is 0 Å². The zero-order chi connectivity index (χ0) is 14.5. The van der Waals surface area contributed by atoms with E-state index in [1.165, 1.54) is 6.42 Å². The van der Waals surface area contributed by atoms with Crippen molar-refractivity contribution in [2.24, 2.45) is 0 Å². The normalized spacial score (nSPS) is 16.6. The van der Waals surface area contributed by atoms with Gasteiger partial charge >= 0.3 is 5.97 Å². The second-order valence-electron chi connectivity index (χ2n) is 5.09. The van der Waals surface area contributed by atoms with Gasteiger partial charge in [0.25, 0.3) is 0 Å². The number of aromatic carboxylic acids is 1. The first kappa shape index (κ1) is 15.0. The van der Waals surface area contributed by atoms with Crippen LogP contribution in [-0.4, -0.2) is 28.4 Å². The van der Waals surface area contributed by atoms with Crippen molar-refractivity contribution in [1.29, 1.82) is 0 Å². The Morgan fingerprint density at radius 2 is 2.00 bits per heavy atom. The predicted octanol–water partition coefficient (Wildman–Crippen LogP) is 3.44. The van der Waals surface area contributed by atoms with Crippen LogP contribution in [0.4, 0.5) is 0 Å². The molecule has 1 aromatic carbocycles. The molecule has 1 amide bonds. The third-order valence-electron chi connectivity index (χ3n) is 3.58. The van der Waals surface area contributed by atoms with E-state index < -0.39 is 5.97 Å². The van der Waals surface area contributed by atoms with Gasteiger partial charge in [0.1, 0.15) is 0 Å². The third kappa shape index (κ3) is 3.82. The molecule has 0 saturated carbocycles. The van der Waals surface area contributed by atoms with Crippen LogP contribution >= 0.6 is 15.9 Å². The maximum absolute atomic E-state index is 12.1. The van der Waals surface area contributed by atoms with Crippen LogP contribution in [0.2, 0.25) is 0 Å². The molecule has 0 bridgehead atoms. The molecule has 0 atom stereocenters. The number of likely N-dealkylation sites (tertiary alicyclic amines) is 1. The SMILES string of the molecule is O=C(O)c1ccc(CN2CCCCCCC2=O)c(Br)c1. The molecule has 1 aliphatic heterocycles. The molecule has 4 nitrogen and oxygen atoms in total. The summed E-state index contributed by atoms with van der Waals surface area (Å²) >= 11 is 3.40. The van der Waals surface area contributed by atoms with Gasteiger partial charge in [-0.2, -0.15) is 0 Å². The second-order valence-corrected chi connectivity index (χ2v) is 5.95. The topological polar surface area (TPSA) is 57.6 Å². The number of nitrogens with zero attached hydrogens (tertiary/aromatic N) is 1. The van der Waals surface area contributed by atoms with Crippen LogP contribution in [0.5, 0.6) is 0 Å². The zero-order valence-electron chi connectivity index (χ0n) is 11.3. The quantitative estimate of drug-likeness (QED) is 0.917.